The number of rotatable bonds is 2. The maximum absolute atomic E-state index is 6.75. The van der Waals surface area contributed by atoms with Gasteiger partial charge in [0.1, 0.15) is 5.75 Å². The molecule has 0 radical (unpaired) electrons. The number of aryl methyl sites for hydroxylation is 1. The van der Waals surface area contributed by atoms with Crippen molar-refractivity contribution in [2.75, 3.05) is 26.3 Å². The number of hydrogen-bond donors (Lipinski definition) is 0. The Hall–Kier alpha value is -1.36. The van der Waals surface area contributed by atoms with E-state index in [-0.39, 0.29) is 11.5 Å². The van der Waals surface area contributed by atoms with Crippen LogP contribution in [0.15, 0.2) is 24.8 Å². The lowest BCUT2D eigenvalue weighted by Crippen LogP contribution is -2.70. The molecule has 26 heavy (non-hydrogen) atoms. The molecule has 4 atom stereocenters. The van der Waals surface area contributed by atoms with Crippen LogP contribution >= 0.6 is 0 Å². The molecular formula is C22H27NO3. The van der Waals surface area contributed by atoms with Crippen LogP contribution in [0.4, 0.5) is 0 Å². The minimum Gasteiger partial charge on any atom is -0.483 e. The topological polar surface area (TPSA) is 30.9 Å². The third-order valence-electron chi connectivity index (χ3n) is 7.79. The first kappa shape index (κ1) is 15.7. The van der Waals surface area contributed by atoms with Crippen molar-refractivity contribution >= 4 is 0 Å². The molecule has 0 aromatic heterocycles. The second-order valence-corrected chi connectivity index (χ2v) is 8.74. The van der Waals surface area contributed by atoms with Crippen molar-refractivity contribution in [3.8, 4) is 5.75 Å². The third kappa shape index (κ3) is 1.67. The van der Waals surface area contributed by atoms with Gasteiger partial charge in [-0.05, 0) is 49.8 Å². The first-order valence-electron chi connectivity index (χ1n) is 10.1. The van der Waals surface area contributed by atoms with E-state index in [0.29, 0.717) is 25.2 Å². The molecule has 0 unspecified atom stereocenters. The Labute approximate surface area is 155 Å². The van der Waals surface area contributed by atoms with Crippen molar-refractivity contribution in [1.82, 2.24) is 4.90 Å². The summed E-state index contributed by atoms with van der Waals surface area (Å²) in [7, 11) is 0. The molecule has 1 aromatic carbocycles. The molecule has 138 valence electrons. The summed E-state index contributed by atoms with van der Waals surface area (Å²) >= 11 is 0. The van der Waals surface area contributed by atoms with Crippen LogP contribution in [-0.2, 0) is 21.3 Å². The van der Waals surface area contributed by atoms with E-state index in [0.717, 1.165) is 44.5 Å². The van der Waals surface area contributed by atoms with Crippen molar-refractivity contribution < 1.29 is 14.2 Å². The number of hydrogen-bond acceptors (Lipinski definition) is 4. The Bertz CT molecular complexity index is 784. The highest BCUT2D eigenvalue weighted by atomic mass is 16.8. The van der Waals surface area contributed by atoms with Crippen LogP contribution in [0.5, 0.6) is 5.75 Å². The van der Waals surface area contributed by atoms with E-state index >= 15 is 0 Å². The average molecular weight is 353 g/mol. The Kier molecular flexibility index (Phi) is 3.09. The van der Waals surface area contributed by atoms with Gasteiger partial charge in [0, 0.05) is 30.0 Å². The fraction of sp³-hybridized carbons (Fsp3) is 0.636. The molecule has 3 aliphatic heterocycles. The van der Waals surface area contributed by atoms with Crippen LogP contribution < -0.4 is 4.74 Å². The monoisotopic (exact) mass is 353 g/mol. The van der Waals surface area contributed by atoms with Crippen LogP contribution in [-0.4, -0.2) is 49.1 Å². The van der Waals surface area contributed by atoms with E-state index in [1.807, 2.05) is 0 Å². The first-order valence-corrected chi connectivity index (χ1v) is 10.1. The van der Waals surface area contributed by atoms with Crippen LogP contribution in [0, 0.1) is 12.8 Å². The molecule has 4 nitrogen and oxygen atoms in total. The van der Waals surface area contributed by atoms with E-state index in [1.165, 1.54) is 16.7 Å². The molecule has 2 aliphatic carbocycles. The van der Waals surface area contributed by atoms with E-state index in [4.69, 9.17) is 14.2 Å². The minimum absolute atomic E-state index is 0.000203. The van der Waals surface area contributed by atoms with Crippen LogP contribution in [0.1, 0.15) is 36.0 Å². The SMILES string of the molecule is C=CCN1CC[C@@]23c4c5ccc(C)c4O[C@@H]2C2(CC[C@@H]3[C@@H]1C5)OCCO2. The molecule has 3 heterocycles. The van der Waals surface area contributed by atoms with Crippen molar-refractivity contribution in [2.45, 2.75) is 56.0 Å². The lowest BCUT2D eigenvalue weighted by Gasteiger charge is -2.60. The van der Waals surface area contributed by atoms with Crippen LogP contribution in [0.2, 0.25) is 0 Å². The van der Waals surface area contributed by atoms with E-state index in [1.54, 1.807) is 0 Å². The van der Waals surface area contributed by atoms with E-state index in [9.17, 15) is 0 Å². The van der Waals surface area contributed by atoms with Crippen molar-refractivity contribution in [1.29, 1.82) is 0 Å². The van der Waals surface area contributed by atoms with Gasteiger partial charge in [0.2, 0.25) is 5.79 Å². The normalized spacial score (nSPS) is 38.9. The van der Waals surface area contributed by atoms with Crippen molar-refractivity contribution in [2.24, 2.45) is 5.92 Å². The fourth-order valence-electron chi connectivity index (χ4n) is 6.90. The van der Waals surface area contributed by atoms with Crippen LogP contribution in [0.25, 0.3) is 0 Å². The van der Waals surface area contributed by atoms with Gasteiger partial charge < -0.3 is 14.2 Å². The molecule has 1 aromatic rings. The quantitative estimate of drug-likeness (QED) is 0.765. The van der Waals surface area contributed by atoms with Gasteiger partial charge in [-0.2, -0.15) is 0 Å². The number of benzene rings is 1. The highest BCUT2D eigenvalue weighted by Gasteiger charge is 2.71. The van der Waals surface area contributed by atoms with E-state index in [2.05, 4.69) is 36.6 Å². The number of piperidine rings is 1. The third-order valence-corrected chi connectivity index (χ3v) is 7.79. The lowest BCUT2D eigenvalue weighted by atomic mass is 9.50. The molecule has 0 amide bonds. The number of fused-ring (bicyclic) bond motifs is 1. The Balaban J connectivity index is 1.57. The summed E-state index contributed by atoms with van der Waals surface area (Å²) in [5.74, 6) is 1.21. The van der Waals surface area contributed by atoms with Gasteiger partial charge in [-0.3, -0.25) is 4.90 Å². The highest BCUT2D eigenvalue weighted by Crippen LogP contribution is 2.65. The summed E-state index contributed by atoms with van der Waals surface area (Å²) in [5.41, 5.74) is 4.30. The zero-order chi connectivity index (χ0) is 17.5. The molecule has 2 spiro atoms. The summed E-state index contributed by atoms with van der Waals surface area (Å²) < 4.78 is 19.3. The second-order valence-electron chi connectivity index (χ2n) is 8.74. The fourth-order valence-corrected chi connectivity index (χ4v) is 6.90. The van der Waals surface area contributed by atoms with E-state index < -0.39 is 5.79 Å². The zero-order valence-electron chi connectivity index (χ0n) is 15.5. The second kappa shape index (κ2) is 5.12. The van der Waals surface area contributed by atoms with Gasteiger partial charge in [0.15, 0.2) is 6.10 Å². The Morgan fingerprint density at radius 1 is 1.27 bits per heavy atom. The molecule has 0 N–H and O–H groups in total. The largest absolute Gasteiger partial charge is 0.483 e. The number of ether oxygens (including phenoxy) is 3. The molecule has 2 bridgehead atoms. The van der Waals surface area contributed by atoms with Crippen molar-refractivity contribution in [3.63, 3.8) is 0 Å². The lowest BCUT2D eigenvalue weighted by molar-refractivity contribution is -0.261. The Morgan fingerprint density at radius 2 is 2.12 bits per heavy atom. The predicted octanol–water partition coefficient (Wildman–Crippen LogP) is 2.96. The van der Waals surface area contributed by atoms with Gasteiger partial charge in [0.05, 0.1) is 13.2 Å². The summed E-state index contributed by atoms with van der Waals surface area (Å²) in [6, 6.07) is 5.16. The molecule has 6 rings (SSSR count). The molecular weight excluding hydrogens is 326 g/mol. The van der Waals surface area contributed by atoms with Gasteiger partial charge >= 0.3 is 0 Å². The molecule has 5 aliphatic rings. The minimum atomic E-state index is -0.540. The predicted molar refractivity (Wildman–Crippen MR) is 98.5 cm³/mol. The summed E-state index contributed by atoms with van der Waals surface area (Å²) in [5, 5.41) is 0. The Morgan fingerprint density at radius 3 is 2.92 bits per heavy atom. The highest BCUT2D eigenvalue weighted by molar-refractivity contribution is 5.58. The molecule has 1 saturated carbocycles. The zero-order valence-corrected chi connectivity index (χ0v) is 15.5. The molecule has 4 heteroatoms. The average Bonchev–Trinajstić information content (AvgIpc) is 3.24. The van der Waals surface area contributed by atoms with Crippen molar-refractivity contribution in [3.05, 3.63) is 41.5 Å². The van der Waals surface area contributed by atoms with Crippen LogP contribution in [0.3, 0.4) is 0 Å². The maximum Gasteiger partial charge on any atom is 0.206 e. The van der Waals surface area contributed by atoms with Gasteiger partial charge in [0.25, 0.3) is 0 Å². The van der Waals surface area contributed by atoms with Gasteiger partial charge in [-0.15, -0.1) is 6.58 Å². The number of nitrogens with zero attached hydrogens (tertiary/aromatic N) is 1. The first-order chi connectivity index (χ1) is 12.7. The van der Waals surface area contributed by atoms with Gasteiger partial charge in [-0.25, -0.2) is 0 Å². The molecule has 3 fully saturated rings. The summed E-state index contributed by atoms with van der Waals surface area (Å²) in [6.45, 7) is 9.64. The maximum atomic E-state index is 6.75. The summed E-state index contributed by atoms with van der Waals surface area (Å²) in [4.78, 5) is 2.65. The summed E-state index contributed by atoms with van der Waals surface area (Å²) in [6.07, 6.45) is 6.43. The van der Waals surface area contributed by atoms with Gasteiger partial charge in [-0.1, -0.05) is 18.2 Å². The number of likely N-dealkylation sites (tertiary alicyclic amines) is 1. The standard InChI is InChI=1S/C22H27NO3/c1-3-9-23-10-8-21-16-6-7-22(24-11-12-25-22)20(21)26-19-14(2)4-5-15(18(19)21)13-17(16)23/h3-5,16-17,20H,1,6-13H2,2H3/t16-,17+,20+,21-/m1/s1. The smallest absolute Gasteiger partial charge is 0.206 e. The molecule has 2 saturated heterocycles.